The minimum Gasteiger partial charge on any atom is -0.488 e. The van der Waals surface area contributed by atoms with E-state index in [1.165, 1.54) is 0 Å². The Kier molecular flexibility index (Phi) is 6.19. The fourth-order valence-electron chi connectivity index (χ4n) is 3.34. The van der Waals surface area contributed by atoms with Crippen LogP contribution < -0.4 is 4.74 Å². The number of carbonyl (C=O) groups is 2. The maximum atomic E-state index is 13.1. The highest BCUT2D eigenvalue weighted by molar-refractivity contribution is 9.10. The molecule has 28 heavy (non-hydrogen) atoms. The van der Waals surface area contributed by atoms with Gasteiger partial charge in [0.2, 0.25) is 5.41 Å². The molecule has 2 aromatic carbocycles. The maximum absolute atomic E-state index is 13.1. The van der Waals surface area contributed by atoms with Gasteiger partial charge in [-0.25, -0.2) is 0 Å². The van der Waals surface area contributed by atoms with Crippen molar-refractivity contribution in [2.24, 2.45) is 0 Å². The lowest BCUT2D eigenvalue weighted by atomic mass is 9.77. The van der Waals surface area contributed by atoms with E-state index in [-0.39, 0.29) is 19.8 Å². The highest BCUT2D eigenvalue weighted by Crippen LogP contribution is 2.44. The van der Waals surface area contributed by atoms with Crippen LogP contribution in [-0.4, -0.2) is 31.8 Å². The molecular formula is C22H21BrO5. The van der Waals surface area contributed by atoms with Crippen molar-refractivity contribution in [3.05, 3.63) is 69.7 Å². The summed E-state index contributed by atoms with van der Waals surface area (Å²) in [5.41, 5.74) is 0.150. The van der Waals surface area contributed by atoms with Crippen molar-refractivity contribution in [1.82, 2.24) is 0 Å². The normalized spacial score (nSPS) is 14.0. The first-order valence-corrected chi connectivity index (χ1v) is 9.87. The summed E-state index contributed by atoms with van der Waals surface area (Å²) in [6, 6.07) is 14.6. The largest absolute Gasteiger partial charge is 0.488 e. The van der Waals surface area contributed by atoms with Crippen molar-refractivity contribution in [3.8, 4) is 5.75 Å². The van der Waals surface area contributed by atoms with Crippen LogP contribution in [0.25, 0.3) is 6.08 Å². The van der Waals surface area contributed by atoms with Crippen LogP contribution >= 0.6 is 15.9 Å². The molecule has 146 valence electrons. The molecule has 0 heterocycles. The first kappa shape index (κ1) is 20.1. The van der Waals surface area contributed by atoms with Gasteiger partial charge < -0.3 is 14.2 Å². The number of fused-ring (bicyclic) bond motifs is 1. The van der Waals surface area contributed by atoms with E-state index in [9.17, 15) is 9.59 Å². The van der Waals surface area contributed by atoms with Crippen LogP contribution in [0, 0.1) is 0 Å². The predicted molar refractivity (Wildman–Crippen MR) is 109 cm³/mol. The van der Waals surface area contributed by atoms with Gasteiger partial charge in [-0.1, -0.05) is 36.4 Å². The first-order chi connectivity index (χ1) is 13.6. The number of para-hydroxylation sites is 1. The third-order valence-electron chi connectivity index (χ3n) is 4.56. The van der Waals surface area contributed by atoms with Gasteiger partial charge in [0.25, 0.3) is 0 Å². The lowest BCUT2D eigenvalue weighted by Gasteiger charge is -2.29. The Bertz CT molecular complexity index is 901. The van der Waals surface area contributed by atoms with Gasteiger partial charge in [0, 0.05) is 5.57 Å². The topological polar surface area (TPSA) is 61.8 Å². The zero-order valence-corrected chi connectivity index (χ0v) is 17.3. The number of hydrogen-bond donors (Lipinski definition) is 0. The predicted octanol–water partition coefficient (Wildman–Crippen LogP) is 4.29. The van der Waals surface area contributed by atoms with Crippen LogP contribution in [0.3, 0.4) is 0 Å². The van der Waals surface area contributed by atoms with Crippen molar-refractivity contribution in [2.75, 3.05) is 19.8 Å². The van der Waals surface area contributed by atoms with Crippen LogP contribution in [0.5, 0.6) is 5.75 Å². The molecule has 2 aromatic rings. The van der Waals surface area contributed by atoms with Gasteiger partial charge in [0.05, 0.1) is 17.7 Å². The zero-order chi connectivity index (χ0) is 20.1. The summed E-state index contributed by atoms with van der Waals surface area (Å²) in [6.07, 6.45) is 1.81. The lowest BCUT2D eigenvalue weighted by Crippen LogP contribution is -2.47. The molecule has 0 amide bonds. The van der Waals surface area contributed by atoms with Gasteiger partial charge in [0.15, 0.2) is 0 Å². The molecule has 1 aliphatic carbocycles. The molecule has 0 unspecified atom stereocenters. The number of ether oxygens (including phenoxy) is 3. The van der Waals surface area contributed by atoms with Crippen molar-refractivity contribution < 1.29 is 23.8 Å². The summed E-state index contributed by atoms with van der Waals surface area (Å²) >= 11 is 3.44. The number of rotatable bonds is 7. The van der Waals surface area contributed by atoms with Crippen LogP contribution in [0.2, 0.25) is 0 Å². The van der Waals surface area contributed by atoms with Gasteiger partial charge in [-0.2, -0.15) is 0 Å². The van der Waals surface area contributed by atoms with E-state index in [2.05, 4.69) is 15.9 Å². The Morgan fingerprint density at radius 1 is 0.929 bits per heavy atom. The molecule has 0 aromatic heterocycles. The van der Waals surface area contributed by atoms with Gasteiger partial charge in [-0.05, 0) is 59.1 Å². The standard InChI is InChI=1S/C22H21BrO5/c1-3-26-20(24)22(21(25)27-4-2)16(13-15-9-5-6-10-17(15)22)14-28-19-12-8-7-11-18(19)23/h5-13H,3-4,14H2,1-2H3. The SMILES string of the molecule is CCOC(=O)C1(C(=O)OCC)C(COc2ccccc2Br)=Cc2ccccc21. The van der Waals surface area contributed by atoms with E-state index < -0.39 is 17.4 Å². The zero-order valence-electron chi connectivity index (χ0n) is 15.7. The summed E-state index contributed by atoms with van der Waals surface area (Å²) in [7, 11) is 0. The molecule has 5 nitrogen and oxygen atoms in total. The van der Waals surface area contributed by atoms with E-state index in [0.29, 0.717) is 16.9 Å². The van der Waals surface area contributed by atoms with Crippen molar-refractivity contribution in [1.29, 1.82) is 0 Å². The van der Waals surface area contributed by atoms with E-state index in [0.717, 1.165) is 10.0 Å². The Balaban J connectivity index is 2.06. The number of hydrogen-bond acceptors (Lipinski definition) is 5. The molecule has 0 bridgehead atoms. The molecular weight excluding hydrogens is 424 g/mol. The highest BCUT2D eigenvalue weighted by Gasteiger charge is 2.57. The quantitative estimate of drug-likeness (QED) is 0.470. The molecule has 3 rings (SSSR count). The second-order valence-corrected chi connectivity index (χ2v) is 7.02. The number of carbonyl (C=O) groups excluding carboxylic acids is 2. The molecule has 0 spiro atoms. The average Bonchev–Trinajstić information content (AvgIpc) is 3.03. The second-order valence-electron chi connectivity index (χ2n) is 6.17. The lowest BCUT2D eigenvalue weighted by molar-refractivity contribution is -0.162. The molecule has 0 N–H and O–H groups in total. The fraction of sp³-hybridized carbons (Fsp3) is 0.273. The number of esters is 2. The van der Waals surface area contributed by atoms with Crippen molar-refractivity contribution in [2.45, 2.75) is 19.3 Å². The average molecular weight is 445 g/mol. The number of benzene rings is 2. The second kappa shape index (κ2) is 8.61. The molecule has 6 heteroatoms. The molecule has 0 fully saturated rings. The van der Waals surface area contributed by atoms with Crippen molar-refractivity contribution >= 4 is 33.9 Å². The summed E-state index contributed by atoms with van der Waals surface area (Å²) < 4.78 is 17.3. The molecule has 0 atom stereocenters. The van der Waals surface area contributed by atoms with Crippen LogP contribution in [0.1, 0.15) is 25.0 Å². The van der Waals surface area contributed by atoms with Crippen LogP contribution in [0.4, 0.5) is 0 Å². The van der Waals surface area contributed by atoms with Crippen LogP contribution in [-0.2, 0) is 24.5 Å². The minimum atomic E-state index is -1.66. The van der Waals surface area contributed by atoms with Crippen molar-refractivity contribution in [3.63, 3.8) is 0 Å². The molecule has 0 radical (unpaired) electrons. The Labute approximate surface area is 172 Å². The van der Waals surface area contributed by atoms with E-state index in [1.54, 1.807) is 32.1 Å². The summed E-state index contributed by atoms with van der Waals surface area (Å²) in [5.74, 6) is -0.693. The Hall–Kier alpha value is -2.60. The molecule has 0 saturated heterocycles. The molecule has 0 aliphatic heterocycles. The van der Waals surface area contributed by atoms with Gasteiger partial charge in [-0.15, -0.1) is 0 Å². The van der Waals surface area contributed by atoms with E-state index in [4.69, 9.17) is 14.2 Å². The monoisotopic (exact) mass is 444 g/mol. The Morgan fingerprint density at radius 3 is 2.18 bits per heavy atom. The van der Waals surface area contributed by atoms with Crippen LogP contribution in [0.15, 0.2) is 58.6 Å². The molecule has 1 aliphatic rings. The Morgan fingerprint density at radius 2 is 1.54 bits per heavy atom. The maximum Gasteiger partial charge on any atom is 0.332 e. The number of halogens is 1. The van der Waals surface area contributed by atoms with Gasteiger partial charge in [-0.3, -0.25) is 9.59 Å². The first-order valence-electron chi connectivity index (χ1n) is 9.08. The van der Waals surface area contributed by atoms with Gasteiger partial charge >= 0.3 is 11.9 Å². The summed E-state index contributed by atoms with van der Waals surface area (Å²) in [5, 5.41) is 0. The molecule has 0 saturated carbocycles. The summed E-state index contributed by atoms with van der Waals surface area (Å²) in [4.78, 5) is 26.2. The van der Waals surface area contributed by atoms with E-state index >= 15 is 0 Å². The smallest absolute Gasteiger partial charge is 0.332 e. The summed E-state index contributed by atoms with van der Waals surface area (Å²) in [6.45, 7) is 3.76. The van der Waals surface area contributed by atoms with E-state index in [1.807, 2.05) is 36.4 Å². The third kappa shape index (κ3) is 3.44. The minimum absolute atomic E-state index is 0.0366. The van der Waals surface area contributed by atoms with Gasteiger partial charge in [0.1, 0.15) is 12.4 Å². The third-order valence-corrected chi connectivity index (χ3v) is 5.21. The highest BCUT2D eigenvalue weighted by atomic mass is 79.9. The fourth-order valence-corrected chi connectivity index (χ4v) is 3.74.